The van der Waals surface area contributed by atoms with Crippen molar-refractivity contribution in [3.63, 3.8) is 0 Å². The van der Waals surface area contributed by atoms with Crippen LogP contribution < -0.4 is 5.32 Å². The van der Waals surface area contributed by atoms with Gasteiger partial charge in [-0.15, -0.1) is 0 Å². The molecular formula is C13H14N4O3. The van der Waals surface area contributed by atoms with E-state index >= 15 is 0 Å². The Kier molecular flexibility index (Phi) is 3.32. The van der Waals surface area contributed by atoms with Crippen molar-refractivity contribution in [2.45, 2.75) is 31.7 Å². The van der Waals surface area contributed by atoms with E-state index < -0.39 is 5.91 Å². The van der Waals surface area contributed by atoms with Gasteiger partial charge in [0.05, 0.1) is 6.54 Å². The van der Waals surface area contributed by atoms with Gasteiger partial charge >= 0.3 is 0 Å². The van der Waals surface area contributed by atoms with Crippen molar-refractivity contribution < 1.29 is 14.4 Å². The van der Waals surface area contributed by atoms with Crippen LogP contribution in [0.4, 0.5) is 0 Å². The number of aromatic hydroxyl groups is 1. The van der Waals surface area contributed by atoms with Crippen LogP contribution in [0.1, 0.15) is 47.4 Å². The largest absolute Gasteiger partial charge is 0.505 e. The molecule has 2 N–H and O–H groups in total. The molecule has 2 aromatic rings. The monoisotopic (exact) mass is 274 g/mol. The molecule has 1 amide bonds. The van der Waals surface area contributed by atoms with E-state index in [4.69, 9.17) is 4.52 Å². The molecule has 0 unspecified atom stereocenters. The van der Waals surface area contributed by atoms with Gasteiger partial charge < -0.3 is 14.9 Å². The number of carbonyl (C=O) groups is 1. The van der Waals surface area contributed by atoms with Gasteiger partial charge in [-0.05, 0) is 25.0 Å². The minimum Gasteiger partial charge on any atom is -0.505 e. The molecule has 20 heavy (non-hydrogen) atoms. The molecule has 2 heterocycles. The van der Waals surface area contributed by atoms with Gasteiger partial charge in [0, 0.05) is 12.1 Å². The Morgan fingerprint density at radius 3 is 3.05 bits per heavy atom. The molecule has 1 saturated carbocycles. The minimum atomic E-state index is -0.480. The maximum Gasteiger partial charge on any atom is 0.274 e. The fourth-order valence-corrected chi connectivity index (χ4v) is 1.98. The van der Waals surface area contributed by atoms with Crippen LogP contribution in [0.25, 0.3) is 0 Å². The Morgan fingerprint density at radius 1 is 1.50 bits per heavy atom. The van der Waals surface area contributed by atoms with E-state index in [0.29, 0.717) is 17.6 Å². The highest BCUT2D eigenvalue weighted by Crippen LogP contribution is 2.34. The average Bonchev–Trinajstić information content (AvgIpc) is 2.83. The highest BCUT2D eigenvalue weighted by molar-refractivity contribution is 5.94. The Bertz CT molecular complexity index is 622. The van der Waals surface area contributed by atoms with Crippen LogP contribution in [-0.2, 0) is 6.54 Å². The van der Waals surface area contributed by atoms with E-state index in [2.05, 4.69) is 20.4 Å². The van der Waals surface area contributed by atoms with Crippen LogP contribution in [0.3, 0.4) is 0 Å². The molecule has 0 aromatic carbocycles. The molecule has 0 radical (unpaired) electrons. The summed E-state index contributed by atoms with van der Waals surface area (Å²) in [5.41, 5.74) is -0.0220. The number of hydrogen-bond acceptors (Lipinski definition) is 6. The first-order chi connectivity index (χ1) is 9.74. The molecule has 0 spiro atoms. The SMILES string of the molecule is O=C(NCc1nc(C2CCC2)no1)c1ncccc1O. The first-order valence-electron chi connectivity index (χ1n) is 6.48. The number of amides is 1. The number of rotatable bonds is 4. The average molecular weight is 274 g/mol. The summed E-state index contributed by atoms with van der Waals surface area (Å²) in [4.78, 5) is 19.9. The van der Waals surface area contributed by atoms with Gasteiger partial charge in [0.1, 0.15) is 5.75 Å². The summed E-state index contributed by atoms with van der Waals surface area (Å²) in [6.45, 7) is 0.120. The Balaban J connectivity index is 1.60. The molecule has 1 aliphatic carbocycles. The van der Waals surface area contributed by atoms with Gasteiger partial charge in [-0.3, -0.25) is 4.79 Å². The molecule has 0 bridgehead atoms. The highest BCUT2D eigenvalue weighted by atomic mass is 16.5. The van der Waals surface area contributed by atoms with Crippen molar-refractivity contribution in [1.82, 2.24) is 20.4 Å². The zero-order chi connectivity index (χ0) is 13.9. The summed E-state index contributed by atoms with van der Waals surface area (Å²) >= 11 is 0. The molecule has 0 saturated heterocycles. The van der Waals surface area contributed by atoms with Crippen molar-refractivity contribution in [3.05, 3.63) is 35.7 Å². The van der Waals surface area contributed by atoms with Crippen LogP contribution in [0.2, 0.25) is 0 Å². The fourth-order valence-electron chi connectivity index (χ4n) is 1.98. The lowest BCUT2D eigenvalue weighted by atomic mass is 9.85. The number of hydrogen-bond donors (Lipinski definition) is 2. The molecule has 7 heteroatoms. The first-order valence-corrected chi connectivity index (χ1v) is 6.48. The van der Waals surface area contributed by atoms with Crippen molar-refractivity contribution in [1.29, 1.82) is 0 Å². The molecular weight excluding hydrogens is 260 g/mol. The Hall–Kier alpha value is -2.44. The first kappa shape index (κ1) is 12.6. The van der Waals surface area contributed by atoms with Gasteiger partial charge in [-0.25, -0.2) is 4.98 Å². The van der Waals surface area contributed by atoms with E-state index in [9.17, 15) is 9.90 Å². The van der Waals surface area contributed by atoms with E-state index in [0.717, 1.165) is 12.8 Å². The molecule has 0 atom stereocenters. The number of aromatic nitrogens is 3. The second kappa shape index (κ2) is 5.28. The van der Waals surface area contributed by atoms with Gasteiger partial charge in [0.25, 0.3) is 5.91 Å². The predicted octanol–water partition coefficient (Wildman–Crippen LogP) is 1.37. The smallest absolute Gasteiger partial charge is 0.274 e. The topological polar surface area (TPSA) is 101 Å². The van der Waals surface area contributed by atoms with E-state index in [1.807, 2.05) is 0 Å². The summed E-state index contributed by atoms with van der Waals surface area (Å²) in [7, 11) is 0. The zero-order valence-electron chi connectivity index (χ0n) is 10.7. The second-order valence-electron chi connectivity index (χ2n) is 4.73. The summed E-state index contributed by atoms with van der Waals surface area (Å²) < 4.78 is 5.08. The van der Waals surface area contributed by atoms with Gasteiger partial charge in [-0.1, -0.05) is 11.6 Å². The molecule has 2 aromatic heterocycles. The molecule has 3 rings (SSSR count). The van der Waals surface area contributed by atoms with E-state index in [-0.39, 0.29) is 18.0 Å². The maximum absolute atomic E-state index is 11.8. The van der Waals surface area contributed by atoms with E-state index in [1.54, 1.807) is 6.07 Å². The van der Waals surface area contributed by atoms with Crippen molar-refractivity contribution in [3.8, 4) is 5.75 Å². The van der Waals surface area contributed by atoms with Crippen LogP contribution in [0, 0.1) is 0 Å². The molecule has 7 nitrogen and oxygen atoms in total. The van der Waals surface area contributed by atoms with Crippen molar-refractivity contribution in [2.75, 3.05) is 0 Å². The normalized spacial score (nSPS) is 14.8. The van der Waals surface area contributed by atoms with Crippen LogP contribution >= 0.6 is 0 Å². The predicted molar refractivity (Wildman–Crippen MR) is 68.0 cm³/mol. The second-order valence-corrected chi connectivity index (χ2v) is 4.73. The van der Waals surface area contributed by atoms with Crippen LogP contribution in [0.5, 0.6) is 5.75 Å². The molecule has 1 aliphatic rings. The summed E-state index contributed by atoms with van der Waals surface area (Å²) in [5.74, 6) is 0.817. The lowest BCUT2D eigenvalue weighted by Gasteiger charge is -2.20. The summed E-state index contributed by atoms with van der Waals surface area (Å²) in [6.07, 6.45) is 4.82. The number of nitrogens with zero attached hydrogens (tertiary/aromatic N) is 3. The fraction of sp³-hybridized carbons (Fsp3) is 0.385. The quantitative estimate of drug-likeness (QED) is 0.873. The zero-order valence-corrected chi connectivity index (χ0v) is 10.7. The number of pyridine rings is 1. The number of nitrogens with one attached hydrogen (secondary N) is 1. The maximum atomic E-state index is 11.8. The number of carbonyl (C=O) groups excluding carboxylic acids is 1. The summed E-state index contributed by atoms with van der Waals surface area (Å²) in [5, 5.41) is 16.0. The lowest BCUT2D eigenvalue weighted by molar-refractivity contribution is 0.0938. The third-order valence-corrected chi connectivity index (χ3v) is 3.36. The molecule has 0 aliphatic heterocycles. The van der Waals surface area contributed by atoms with Gasteiger partial charge in [0.15, 0.2) is 11.5 Å². The van der Waals surface area contributed by atoms with E-state index in [1.165, 1.54) is 18.7 Å². The molecule has 104 valence electrons. The Morgan fingerprint density at radius 2 is 2.35 bits per heavy atom. The third-order valence-electron chi connectivity index (χ3n) is 3.36. The standard InChI is InChI=1S/C13H14N4O3/c18-9-5-2-6-14-11(9)13(19)15-7-10-16-12(17-20-10)8-3-1-4-8/h2,5-6,8,18H,1,3-4,7H2,(H,15,19). The minimum absolute atomic E-state index is 0.0220. The summed E-state index contributed by atoms with van der Waals surface area (Å²) in [6, 6.07) is 2.96. The molecule has 1 fully saturated rings. The van der Waals surface area contributed by atoms with Crippen LogP contribution in [0.15, 0.2) is 22.9 Å². The van der Waals surface area contributed by atoms with Gasteiger partial charge in [-0.2, -0.15) is 4.98 Å². The highest BCUT2D eigenvalue weighted by Gasteiger charge is 2.24. The third kappa shape index (κ3) is 2.47. The Labute approximate surface area is 115 Å². The lowest BCUT2D eigenvalue weighted by Crippen LogP contribution is -2.24. The van der Waals surface area contributed by atoms with Crippen molar-refractivity contribution >= 4 is 5.91 Å². The van der Waals surface area contributed by atoms with Crippen molar-refractivity contribution in [2.24, 2.45) is 0 Å². The van der Waals surface area contributed by atoms with Crippen LogP contribution in [-0.4, -0.2) is 26.1 Å². The van der Waals surface area contributed by atoms with Gasteiger partial charge in [0.2, 0.25) is 5.89 Å².